The Morgan fingerprint density at radius 1 is 1.00 bits per heavy atom. The third-order valence-corrected chi connectivity index (χ3v) is 4.51. The van der Waals surface area contributed by atoms with Crippen LogP contribution in [0.25, 0.3) is 0 Å². The molecule has 0 aliphatic rings. The van der Waals surface area contributed by atoms with Crippen LogP contribution in [0.3, 0.4) is 0 Å². The molecule has 3 atom stereocenters. The van der Waals surface area contributed by atoms with E-state index < -0.39 is 48.3 Å². The van der Waals surface area contributed by atoms with E-state index in [1.165, 1.54) is 12.5 Å². The zero-order valence-electron chi connectivity index (χ0n) is 16.7. The Balaban J connectivity index is 2.10. The minimum Gasteiger partial charge on any atom is -0.481 e. The highest BCUT2D eigenvalue weighted by Gasteiger charge is 2.28. The highest BCUT2D eigenvalue weighted by atomic mass is 16.4. The van der Waals surface area contributed by atoms with Crippen molar-refractivity contribution in [1.82, 2.24) is 20.6 Å². The van der Waals surface area contributed by atoms with E-state index in [0.29, 0.717) is 5.69 Å². The van der Waals surface area contributed by atoms with E-state index in [2.05, 4.69) is 20.6 Å². The van der Waals surface area contributed by atoms with Crippen molar-refractivity contribution in [2.24, 2.45) is 5.73 Å². The Morgan fingerprint density at radius 3 is 2.26 bits per heavy atom. The predicted molar refractivity (Wildman–Crippen MR) is 109 cm³/mol. The van der Waals surface area contributed by atoms with Gasteiger partial charge in [0.1, 0.15) is 12.1 Å². The molecular formula is C20H25N5O6. The number of H-pyrrole nitrogens is 1. The van der Waals surface area contributed by atoms with Gasteiger partial charge in [-0.2, -0.15) is 0 Å². The first-order valence-electron chi connectivity index (χ1n) is 9.58. The molecule has 0 saturated carbocycles. The van der Waals surface area contributed by atoms with Gasteiger partial charge in [0.15, 0.2) is 0 Å². The van der Waals surface area contributed by atoms with E-state index in [1.807, 2.05) is 0 Å². The third kappa shape index (κ3) is 7.90. The Bertz CT molecular complexity index is 887. The highest BCUT2D eigenvalue weighted by molar-refractivity contribution is 5.92. The highest BCUT2D eigenvalue weighted by Crippen LogP contribution is 2.06. The fourth-order valence-corrected chi connectivity index (χ4v) is 2.86. The quantitative estimate of drug-likeness (QED) is 0.258. The Kier molecular flexibility index (Phi) is 8.70. The van der Waals surface area contributed by atoms with Crippen LogP contribution >= 0.6 is 0 Å². The number of nitrogens with one attached hydrogen (secondary N) is 3. The summed E-state index contributed by atoms with van der Waals surface area (Å²) in [5.74, 6) is -3.89. The lowest BCUT2D eigenvalue weighted by molar-refractivity contribution is -0.143. The fraction of sp³-hybridized carbons (Fsp3) is 0.350. The van der Waals surface area contributed by atoms with E-state index in [1.54, 1.807) is 30.3 Å². The van der Waals surface area contributed by atoms with Gasteiger partial charge in [0.05, 0.1) is 12.4 Å². The number of imidazole rings is 1. The van der Waals surface area contributed by atoms with Crippen LogP contribution in [0, 0.1) is 0 Å². The zero-order valence-corrected chi connectivity index (χ0v) is 16.7. The molecule has 0 saturated heterocycles. The van der Waals surface area contributed by atoms with Crippen molar-refractivity contribution >= 4 is 23.8 Å². The van der Waals surface area contributed by atoms with Crippen LogP contribution in [0.1, 0.15) is 24.1 Å². The number of carboxylic acid groups (broad SMARTS) is 2. The number of aromatic amines is 1. The molecule has 0 fully saturated rings. The third-order valence-electron chi connectivity index (χ3n) is 4.51. The number of carboxylic acids is 2. The molecule has 1 aromatic heterocycles. The van der Waals surface area contributed by atoms with Gasteiger partial charge in [-0.1, -0.05) is 30.3 Å². The number of benzene rings is 1. The molecule has 1 heterocycles. The number of carbonyl (C=O) groups excluding carboxylic acids is 2. The van der Waals surface area contributed by atoms with Gasteiger partial charge in [-0.3, -0.25) is 14.4 Å². The van der Waals surface area contributed by atoms with Crippen LogP contribution in [0.4, 0.5) is 0 Å². The maximum atomic E-state index is 12.8. The van der Waals surface area contributed by atoms with Crippen LogP contribution in [-0.2, 0) is 32.0 Å². The van der Waals surface area contributed by atoms with Gasteiger partial charge in [-0.15, -0.1) is 0 Å². The van der Waals surface area contributed by atoms with Crippen molar-refractivity contribution in [2.75, 3.05) is 0 Å². The van der Waals surface area contributed by atoms with Crippen LogP contribution < -0.4 is 16.4 Å². The Morgan fingerprint density at radius 2 is 1.68 bits per heavy atom. The summed E-state index contributed by atoms with van der Waals surface area (Å²) in [6.07, 6.45) is 2.53. The molecule has 1 aromatic carbocycles. The van der Waals surface area contributed by atoms with Crippen LogP contribution in [0.2, 0.25) is 0 Å². The van der Waals surface area contributed by atoms with Gasteiger partial charge in [-0.25, -0.2) is 9.78 Å². The second-order valence-corrected chi connectivity index (χ2v) is 6.97. The average molecular weight is 431 g/mol. The zero-order chi connectivity index (χ0) is 22.8. The summed E-state index contributed by atoms with van der Waals surface area (Å²) < 4.78 is 0. The minimum absolute atomic E-state index is 0.0977. The fourth-order valence-electron chi connectivity index (χ4n) is 2.86. The van der Waals surface area contributed by atoms with Crippen LogP contribution in [0.5, 0.6) is 0 Å². The number of rotatable bonds is 12. The van der Waals surface area contributed by atoms with Gasteiger partial charge >= 0.3 is 11.9 Å². The van der Waals surface area contributed by atoms with Crippen LogP contribution in [0.15, 0.2) is 42.9 Å². The number of amides is 2. The van der Waals surface area contributed by atoms with Crippen molar-refractivity contribution in [3.63, 3.8) is 0 Å². The summed E-state index contributed by atoms with van der Waals surface area (Å²) in [7, 11) is 0. The molecule has 2 amide bonds. The van der Waals surface area contributed by atoms with E-state index in [-0.39, 0.29) is 19.3 Å². The molecular weight excluding hydrogens is 406 g/mol. The van der Waals surface area contributed by atoms with Gasteiger partial charge in [-0.05, 0) is 12.0 Å². The van der Waals surface area contributed by atoms with Gasteiger partial charge in [0.2, 0.25) is 11.8 Å². The number of nitrogens with zero attached hydrogens (tertiary/aromatic N) is 1. The smallest absolute Gasteiger partial charge is 0.326 e. The Hall–Kier alpha value is -3.73. The van der Waals surface area contributed by atoms with Crippen LogP contribution in [-0.4, -0.2) is 62.1 Å². The van der Waals surface area contributed by atoms with E-state index in [4.69, 9.17) is 10.8 Å². The molecule has 0 aliphatic carbocycles. The molecule has 0 radical (unpaired) electrons. The summed E-state index contributed by atoms with van der Waals surface area (Å²) in [6.45, 7) is 0. The second kappa shape index (κ2) is 11.5. The van der Waals surface area contributed by atoms with Crippen molar-refractivity contribution in [1.29, 1.82) is 0 Å². The van der Waals surface area contributed by atoms with E-state index in [0.717, 1.165) is 5.56 Å². The lowest BCUT2D eigenvalue weighted by atomic mass is 10.0. The topological polar surface area (TPSA) is 187 Å². The van der Waals surface area contributed by atoms with Crippen molar-refractivity contribution in [3.05, 3.63) is 54.1 Å². The first kappa shape index (κ1) is 23.5. The number of aromatic nitrogens is 2. The van der Waals surface area contributed by atoms with Gasteiger partial charge < -0.3 is 31.6 Å². The first-order chi connectivity index (χ1) is 14.8. The molecule has 11 heteroatoms. The maximum absolute atomic E-state index is 12.8. The number of aliphatic carboxylic acids is 2. The summed E-state index contributed by atoms with van der Waals surface area (Å²) in [6, 6.07) is 5.38. The lowest BCUT2D eigenvalue weighted by Gasteiger charge is -2.23. The predicted octanol–water partition coefficient (Wildman–Crippen LogP) is -0.559. The van der Waals surface area contributed by atoms with Crippen molar-refractivity contribution in [3.8, 4) is 0 Å². The molecule has 2 aromatic rings. The summed E-state index contributed by atoms with van der Waals surface area (Å²) in [4.78, 5) is 54.2. The van der Waals surface area contributed by atoms with Crippen molar-refractivity contribution < 1.29 is 29.4 Å². The number of nitrogens with two attached hydrogens (primary N) is 1. The SMILES string of the molecule is N[C@@H](Cc1cnc[nH]1)C(=O)N[C@@H](Cc1ccccc1)C(=O)N[C@@H](CCC(=O)O)C(=O)O. The molecule has 31 heavy (non-hydrogen) atoms. The summed E-state index contributed by atoms with van der Waals surface area (Å²) >= 11 is 0. The molecule has 0 aliphatic heterocycles. The lowest BCUT2D eigenvalue weighted by Crippen LogP contribution is -2.55. The molecule has 11 nitrogen and oxygen atoms in total. The van der Waals surface area contributed by atoms with Gasteiger partial charge in [0.25, 0.3) is 0 Å². The van der Waals surface area contributed by atoms with Gasteiger partial charge in [0, 0.05) is 31.2 Å². The first-order valence-corrected chi connectivity index (χ1v) is 9.58. The number of carbonyl (C=O) groups is 4. The van der Waals surface area contributed by atoms with E-state index >= 15 is 0 Å². The summed E-state index contributed by atoms with van der Waals surface area (Å²) in [5.41, 5.74) is 7.31. The maximum Gasteiger partial charge on any atom is 0.326 e. The van der Waals surface area contributed by atoms with Crippen molar-refractivity contribution in [2.45, 2.75) is 43.8 Å². The molecule has 0 spiro atoms. The molecule has 0 unspecified atom stereocenters. The molecule has 166 valence electrons. The Labute approximate surface area is 178 Å². The monoisotopic (exact) mass is 431 g/mol. The summed E-state index contributed by atoms with van der Waals surface area (Å²) in [5, 5.41) is 23.0. The standard InChI is InChI=1S/C20H25N5O6/c21-14(9-13-10-22-11-23-13)18(28)25-16(8-12-4-2-1-3-5-12)19(29)24-15(20(30)31)6-7-17(26)27/h1-5,10-11,14-16H,6-9,21H2,(H,22,23)(H,24,29)(H,25,28)(H,26,27)(H,30,31)/t14-,15-,16-/m0/s1. The largest absolute Gasteiger partial charge is 0.481 e. The normalized spacial score (nSPS) is 13.6. The van der Waals surface area contributed by atoms with E-state index in [9.17, 15) is 24.3 Å². The second-order valence-electron chi connectivity index (χ2n) is 6.97. The average Bonchev–Trinajstić information content (AvgIpc) is 3.23. The molecule has 7 N–H and O–H groups in total. The number of hydrogen-bond donors (Lipinski definition) is 6. The molecule has 0 bridgehead atoms. The molecule has 2 rings (SSSR count). The number of hydrogen-bond acceptors (Lipinski definition) is 6. The minimum atomic E-state index is -1.41.